The third-order valence-electron chi connectivity index (χ3n) is 6.93. The van der Waals surface area contributed by atoms with Gasteiger partial charge in [-0.2, -0.15) is 5.26 Å². The van der Waals surface area contributed by atoms with Crippen molar-refractivity contribution in [2.24, 2.45) is 0 Å². The van der Waals surface area contributed by atoms with Gasteiger partial charge in [0.05, 0.1) is 40.6 Å². The van der Waals surface area contributed by atoms with Crippen molar-refractivity contribution in [1.29, 1.82) is 5.26 Å². The molecule has 0 bridgehead atoms. The number of thiophene rings is 1. The Morgan fingerprint density at radius 3 is 2.95 bits per heavy atom. The van der Waals surface area contributed by atoms with Crippen LogP contribution in [0.2, 0.25) is 5.02 Å². The Hall–Kier alpha value is -3.53. The number of hydrogen-bond acceptors (Lipinski definition) is 8. The highest BCUT2D eigenvalue weighted by Crippen LogP contribution is 2.48. The van der Waals surface area contributed by atoms with E-state index in [-0.39, 0.29) is 33.4 Å². The van der Waals surface area contributed by atoms with Crippen molar-refractivity contribution in [3.63, 3.8) is 0 Å². The van der Waals surface area contributed by atoms with E-state index in [9.17, 15) is 19.6 Å². The first-order chi connectivity index (χ1) is 18.9. The summed E-state index contributed by atoms with van der Waals surface area (Å²) in [6, 6.07) is 8.57. The van der Waals surface area contributed by atoms with Gasteiger partial charge in [0.15, 0.2) is 0 Å². The molecule has 2 aromatic carbocycles. The molecule has 39 heavy (non-hydrogen) atoms. The molecule has 4 aromatic rings. The lowest BCUT2D eigenvalue weighted by molar-refractivity contribution is -0.0409. The second-order valence-corrected chi connectivity index (χ2v) is 10.8. The molecule has 0 aliphatic carbocycles. The van der Waals surface area contributed by atoms with Crippen LogP contribution in [0.3, 0.4) is 0 Å². The molecule has 6 rings (SSSR count). The van der Waals surface area contributed by atoms with Crippen LogP contribution in [-0.2, 0) is 22.7 Å². The van der Waals surface area contributed by atoms with Gasteiger partial charge in [-0.3, -0.25) is 5.32 Å². The molecule has 1 fully saturated rings. The zero-order chi connectivity index (χ0) is 27.3. The maximum absolute atomic E-state index is 14.9. The average Bonchev–Trinajstić information content (AvgIpc) is 3.54. The van der Waals surface area contributed by atoms with E-state index < -0.39 is 11.9 Å². The summed E-state index contributed by atoms with van der Waals surface area (Å²) in [5.74, 6) is -0.181. The van der Waals surface area contributed by atoms with E-state index in [2.05, 4.69) is 10.2 Å². The summed E-state index contributed by atoms with van der Waals surface area (Å²) < 4.78 is 32.6. The topological polar surface area (TPSA) is 117 Å². The van der Waals surface area contributed by atoms with Crippen LogP contribution in [0.25, 0.3) is 32.1 Å². The van der Waals surface area contributed by atoms with Gasteiger partial charge in [0, 0.05) is 35.5 Å². The van der Waals surface area contributed by atoms with Crippen molar-refractivity contribution in [3.05, 3.63) is 51.8 Å². The summed E-state index contributed by atoms with van der Waals surface area (Å²) in [6.07, 6.45) is -1.43. The molecular formula is C27H22ClFN4O5S. The number of morpholine rings is 1. The molecule has 200 valence electrons. The minimum Gasteiger partial charge on any atom is -0.475 e. The van der Waals surface area contributed by atoms with E-state index in [0.717, 1.165) is 40.9 Å². The maximum Gasteiger partial charge on any atom is 0.409 e. The summed E-state index contributed by atoms with van der Waals surface area (Å²) >= 11 is 7.90. The Balaban J connectivity index is 1.50. The third-order valence-corrected chi connectivity index (χ3v) is 8.41. The number of fused-ring (bicyclic) bond motifs is 4. The number of nitrogens with one attached hydrogen (secondary N) is 1. The second-order valence-electron chi connectivity index (χ2n) is 9.40. The summed E-state index contributed by atoms with van der Waals surface area (Å²) in [5.41, 5.74) is 3.30. The van der Waals surface area contributed by atoms with Gasteiger partial charge in [-0.25, -0.2) is 14.2 Å². The number of anilines is 1. The third kappa shape index (κ3) is 4.54. The van der Waals surface area contributed by atoms with Crippen LogP contribution < -0.4 is 10.1 Å². The van der Waals surface area contributed by atoms with Crippen LogP contribution in [0.4, 0.5) is 14.2 Å². The number of benzene rings is 2. The van der Waals surface area contributed by atoms with Crippen molar-refractivity contribution in [2.45, 2.75) is 19.3 Å². The van der Waals surface area contributed by atoms with E-state index in [1.165, 1.54) is 6.07 Å². The number of likely N-dealkylation sites (N-methyl/N-ethyl adjacent to an activating group) is 1. The fraction of sp³-hybridized carbons (Fsp3) is 0.296. The van der Waals surface area contributed by atoms with Crippen molar-refractivity contribution < 1.29 is 28.5 Å². The monoisotopic (exact) mass is 568 g/mol. The summed E-state index contributed by atoms with van der Waals surface area (Å²) in [6.45, 7) is 3.21. The minimum atomic E-state index is -1.35. The molecule has 2 aliphatic heterocycles. The van der Waals surface area contributed by atoms with E-state index in [0.29, 0.717) is 47.4 Å². The Kier molecular flexibility index (Phi) is 6.74. The molecule has 1 atom stereocenters. The Morgan fingerprint density at radius 2 is 2.18 bits per heavy atom. The standard InChI is InChI=1S/C27H22ClFN4O5S/c1-33-6-7-37-13(9-33)10-38-20-5-3-14-17-11-36-12-18(17)21(23(28)24(14)31-20)15-2-4-19(29)25-22(15)16(8-30)26(39-25)32-27(34)35/h2-5,13,32H,6-7,9-12H2,1H3,(H,34,35)/t13-/m1/s1. The number of carbonyl (C=O) groups is 1. The van der Waals surface area contributed by atoms with Gasteiger partial charge in [0.1, 0.15) is 29.6 Å². The number of rotatable bonds is 5. The van der Waals surface area contributed by atoms with Crippen LogP contribution in [-0.4, -0.2) is 60.5 Å². The zero-order valence-corrected chi connectivity index (χ0v) is 22.3. The lowest BCUT2D eigenvalue weighted by Crippen LogP contribution is -2.42. The molecule has 4 heterocycles. The van der Waals surface area contributed by atoms with Gasteiger partial charge in [0.2, 0.25) is 5.88 Å². The van der Waals surface area contributed by atoms with E-state index in [1.54, 1.807) is 12.1 Å². The number of pyridine rings is 1. The van der Waals surface area contributed by atoms with E-state index >= 15 is 0 Å². The van der Waals surface area contributed by atoms with Gasteiger partial charge in [-0.1, -0.05) is 17.7 Å². The number of ether oxygens (including phenoxy) is 3. The van der Waals surface area contributed by atoms with E-state index in [4.69, 9.17) is 30.8 Å². The lowest BCUT2D eigenvalue weighted by Gasteiger charge is -2.29. The van der Waals surface area contributed by atoms with Crippen LogP contribution in [0.15, 0.2) is 24.3 Å². The van der Waals surface area contributed by atoms with Gasteiger partial charge in [-0.05, 0) is 35.9 Å². The molecule has 0 spiro atoms. The van der Waals surface area contributed by atoms with Crippen LogP contribution >= 0.6 is 22.9 Å². The van der Waals surface area contributed by atoms with Crippen molar-refractivity contribution in [3.8, 4) is 23.1 Å². The number of carboxylic acid groups (broad SMARTS) is 1. The lowest BCUT2D eigenvalue weighted by atomic mass is 9.91. The zero-order valence-electron chi connectivity index (χ0n) is 20.7. The van der Waals surface area contributed by atoms with Gasteiger partial charge >= 0.3 is 6.09 Å². The fourth-order valence-electron chi connectivity index (χ4n) is 5.17. The quantitative estimate of drug-likeness (QED) is 0.319. The maximum atomic E-state index is 14.9. The molecule has 2 aliphatic rings. The highest BCUT2D eigenvalue weighted by atomic mass is 35.5. The molecule has 12 heteroatoms. The summed E-state index contributed by atoms with van der Waals surface area (Å²) in [5, 5.41) is 22.8. The number of halogens is 2. The summed E-state index contributed by atoms with van der Waals surface area (Å²) in [7, 11) is 2.03. The molecule has 0 unspecified atom stereocenters. The highest BCUT2D eigenvalue weighted by molar-refractivity contribution is 7.23. The Bertz CT molecular complexity index is 1690. The van der Waals surface area contributed by atoms with Crippen LogP contribution in [0.5, 0.6) is 5.88 Å². The number of hydrogen-bond donors (Lipinski definition) is 2. The molecular weight excluding hydrogens is 547 g/mol. The van der Waals surface area contributed by atoms with Gasteiger partial charge in [0.25, 0.3) is 0 Å². The molecule has 1 saturated heterocycles. The Labute approximate surface area is 231 Å². The van der Waals surface area contributed by atoms with Crippen molar-refractivity contribution in [1.82, 2.24) is 9.88 Å². The molecule has 9 nitrogen and oxygen atoms in total. The van der Waals surface area contributed by atoms with Crippen LogP contribution in [0, 0.1) is 17.1 Å². The molecule has 1 amide bonds. The van der Waals surface area contributed by atoms with E-state index in [1.807, 2.05) is 19.2 Å². The molecule has 0 radical (unpaired) electrons. The number of nitriles is 1. The average molecular weight is 569 g/mol. The molecule has 2 aromatic heterocycles. The second kappa shape index (κ2) is 10.2. The predicted octanol–water partition coefficient (Wildman–Crippen LogP) is 5.61. The SMILES string of the molecule is CN1CCO[C@@H](COc2ccc3c4c(c(-c5ccc(F)c6sc(NC(=O)O)c(C#N)c56)c(Cl)c3n2)COC4)C1. The smallest absolute Gasteiger partial charge is 0.409 e. The van der Waals surface area contributed by atoms with Crippen LogP contribution in [0.1, 0.15) is 16.7 Å². The first-order valence-electron chi connectivity index (χ1n) is 12.2. The molecule has 0 saturated carbocycles. The number of nitrogens with zero attached hydrogens (tertiary/aromatic N) is 3. The molecule has 2 N–H and O–H groups in total. The Morgan fingerprint density at radius 1 is 1.36 bits per heavy atom. The van der Waals surface area contributed by atoms with Gasteiger partial charge < -0.3 is 24.2 Å². The predicted molar refractivity (Wildman–Crippen MR) is 145 cm³/mol. The fourth-order valence-corrected chi connectivity index (χ4v) is 6.61. The number of aromatic nitrogens is 1. The van der Waals surface area contributed by atoms with Crippen molar-refractivity contribution in [2.75, 3.05) is 38.7 Å². The van der Waals surface area contributed by atoms with Crippen molar-refractivity contribution >= 4 is 55.0 Å². The minimum absolute atomic E-state index is 0.0261. The number of amides is 1. The highest BCUT2D eigenvalue weighted by Gasteiger charge is 2.29. The largest absolute Gasteiger partial charge is 0.475 e. The summed E-state index contributed by atoms with van der Waals surface area (Å²) in [4.78, 5) is 18.2. The first-order valence-corrected chi connectivity index (χ1v) is 13.3. The van der Waals surface area contributed by atoms with Gasteiger partial charge in [-0.15, -0.1) is 11.3 Å². The first kappa shape index (κ1) is 25.7. The normalized spacial score (nSPS) is 17.3.